The highest BCUT2D eigenvalue weighted by Crippen LogP contribution is 2.21. The lowest BCUT2D eigenvalue weighted by Gasteiger charge is -2.20. The lowest BCUT2D eigenvalue weighted by Crippen LogP contribution is -2.33. The zero-order chi connectivity index (χ0) is 13.8. The second-order valence-corrected chi connectivity index (χ2v) is 4.14. The van der Waals surface area contributed by atoms with Gasteiger partial charge in [-0.15, -0.1) is 0 Å². The van der Waals surface area contributed by atoms with Crippen molar-refractivity contribution in [2.24, 2.45) is 5.84 Å². The number of hydrogen-bond donors (Lipinski definition) is 2. The lowest BCUT2D eigenvalue weighted by molar-refractivity contribution is -0.175. The van der Waals surface area contributed by atoms with Gasteiger partial charge in [0.05, 0.1) is 12.6 Å². The zero-order valence-electron chi connectivity index (χ0n) is 10.3. The maximum Gasteiger partial charge on any atom is 0.411 e. The highest BCUT2D eigenvalue weighted by Gasteiger charge is 2.28. The van der Waals surface area contributed by atoms with Crippen molar-refractivity contribution in [2.75, 3.05) is 13.2 Å². The maximum absolute atomic E-state index is 12.0. The van der Waals surface area contributed by atoms with Crippen molar-refractivity contribution >= 4 is 0 Å². The molecule has 0 amide bonds. The van der Waals surface area contributed by atoms with Gasteiger partial charge >= 0.3 is 6.18 Å². The summed E-state index contributed by atoms with van der Waals surface area (Å²) in [6.45, 7) is 2.44. The van der Waals surface area contributed by atoms with Gasteiger partial charge in [0.2, 0.25) is 0 Å². The van der Waals surface area contributed by atoms with Crippen LogP contribution in [0.5, 0.6) is 0 Å². The molecular weight excluding hydrogens is 245 g/mol. The summed E-state index contributed by atoms with van der Waals surface area (Å²) >= 11 is 0. The Hall–Kier alpha value is -1.11. The summed E-state index contributed by atoms with van der Waals surface area (Å²) in [5, 5.41) is 0. The van der Waals surface area contributed by atoms with Crippen LogP contribution in [-0.2, 0) is 4.74 Å². The third kappa shape index (κ3) is 4.29. The number of halogens is 3. The van der Waals surface area contributed by atoms with Gasteiger partial charge in [-0.2, -0.15) is 13.2 Å². The summed E-state index contributed by atoms with van der Waals surface area (Å²) < 4.78 is 40.6. The van der Waals surface area contributed by atoms with E-state index in [1.54, 1.807) is 0 Å². The molecule has 1 atom stereocenters. The van der Waals surface area contributed by atoms with Crippen LogP contribution in [0.15, 0.2) is 18.2 Å². The molecule has 1 aromatic rings. The number of rotatable bonds is 5. The highest BCUT2D eigenvalue weighted by molar-refractivity contribution is 5.35. The van der Waals surface area contributed by atoms with Crippen LogP contribution in [0.4, 0.5) is 13.2 Å². The van der Waals surface area contributed by atoms with E-state index in [4.69, 9.17) is 5.84 Å². The highest BCUT2D eigenvalue weighted by atomic mass is 19.4. The topological polar surface area (TPSA) is 47.3 Å². The SMILES string of the molecule is Cc1cccc(C(COCC(F)(F)F)NN)c1C. The second-order valence-electron chi connectivity index (χ2n) is 4.14. The standard InChI is InChI=1S/C12H17F3N2O/c1-8-4-3-5-10(9(8)2)11(17-16)6-18-7-12(13,14)15/h3-5,11,17H,6-7,16H2,1-2H3. The van der Waals surface area contributed by atoms with Gasteiger partial charge in [-0.1, -0.05) is 18.2 Å². The molecule has 0 heterocycles. The molecule has 0 aromatic heterocycles. The molecule has 0 aliphatic heterocycles. The molecule has 0 radical (unpaired) electrons. The van der Waals surface area contributed by atoms with Gasteiger partial charge < -0.3 is 4.74 Å². The van der Waals surface area contributed by atoms with Crippen LogP contribution in [0.2, 0.25) is 0 Å². The van der Waals surface area contributed by atoms with Gasteiger partial charge in [0, 0.05) is 0 Å². The quantitative estimate of drug-likeness (QED) is 0.632. The average Bonchev–Trinajstić information content (AvgIpc) is 2.27. The summed E-state index contributed by atoms with van der Waals surface area (Å²) in [4.78, 5) is 0. The van der Waals surface area contributed by atoms with Crippen LogP contribution in [0.1, 0.15) is 22.7 Å². The minimum absolute atomic E-state index is 0.125. The average molecular weight is 262 g/mol. The normalized spacial score (nSPS) is 13.7. The third-order valence-corrected chi connectivity index (χ3v) is 2.77. The number of benzene rings is 1. The van der Waals surface area contributed by atoms with E-state index in [9.17, 15) is 13.2 Å². The molecule has 0 aliphatic carbocycles. The maximum atomic E-state index is 12.0. The molecule has 102 valence electrons. The largest absolute Gasteiger partial charge is 0.411 e. The van der Waals surface area contributed by atoms with Crippen LogP contribution < -0.4 is 11.3 Å². The van der Waals surface area contributed by atoms with Gasteiger partial charge in [-0.05, 0) is 30.5 Å². The molecule has 0 bridgehead atoms. The van der Waals surface area contributed by atoms with Gasteiger partial charge in [-0.3, -0.25) is 11.3 Å². The summed E-state index contributed by atoms with van der Waals surface area (Å²) in [6.07, 6.45) is -4.32. The van der Waals surface area contributed by atoms with Crippen LogP contribution in [0, 0.1) is 13.8 Å². The van der Waals surface area contributed by atoms with Crippen LogP contribution in [0.3, 0.4) is 0 Å². The summed E-state index contributed by atoms with van der Waals surface area (Å²) in [7, 11) is 0. The molecular formula is C12H17F3N2O. The molecule has 1 unspecified atom stereocenters. The summed E-state index contributed by atoms with van der Waals surface area (Å²) in [5.41, 5.74) is 5.38. The van der Waals surface area contributed by atoms with Gasteiger partial charge in [0.1, 0.15) is 6.61 Å². The molecule has 3 N–H and O–H groups in total. The van der Waals surface area contributed by atoms with E-state index in [2.05, 4.69) is 10.2 Å². The Kier molecular flexibility index (Phi) is 5.13. The molecule has 3 nitrogen and oxygen atoms in total. The van der Waals surface area contributed by atoms with Crippen molar-refractivity contribution in [3.8, 4) is 0 Å². The van der Waals surface area contributed by atoms with E-state index in [0.29, 0.717) is 0 Å². The molecule has 1 rings (SSSR count). The fraction of sp³-hybridized carbons (Fsp3) is 0.500. The molecule has 18 heavy (non-hydrogen) atoms. The van der Waals surface area contributed by atoms with Gasteiger partial charge in [0.25, 0.3) is 0 Å². The Bertz CT molecular complexity index is 393. The van der Waals surface area contributed by atoms with E-state index >= 15 is 0 Å². The first-order valence-corrected chi connectivity index (χ1v) is 5.52. The number of aryl methyl sites for hydroxylation is 1. The van der Waals surface area contributed by atoms with E-state index in [-0.39, 0.29) is 6.61 Å². The molecule has 0 saturated carbocycles. The first-order chi connectivity index (χ1) is 8.35. The van der Waals surface area contributed by atoms with Crippen molar-refractivity contribution < 1.29 is 17.9 Å². The number of nitrogens with two attached hydrogens (primary N) is 1. The van der Waals surface area contributed by atoms with Crippen molar-refractivity contribution in [3.05, 3.63) is 34.9 Å². The van der Waals surface area contributed by atoms with Crippen molar-refractivity contribution in [2.45, 2.75) is 26.1 Å². The molecule has 0 fully saturated rings. The number of nitrogens with one attached hydrogen (secondary N) is 1. The van der Waals surface area contributed by atoms with E-state index in [1.807, 2.05) is 32.0 Å². The second kappa shape index (κ2) is 6.17. The zero-order valence-corrected chi connectivity index (χ0v) is 10.3. The fourth-order valence-corrected chi connectivity index (χ4v) is 1.67. The molecule has 0 saturated heterocycles. The van der Waals surface area contributed by atoms with Crippen molar-refractivity contribution in [1.82, 2.24) is 5.43 Å². The lowest BCUT2D eigenvalue weighted by atomic mass is 9.98. The van der Waals surface area contributed by atoms with Gasteiger partial charge in [-0.25, -0.2) is 0 Å². The Balaban J connectivity index is 2.69. The van der Waals surface area contributed by atoms with E-state index in [0.717, 1.165) is 16.7 Å². The molecule has 6 heteroatoms. The smallest absolute Gasteiger partial charge is 0.370 e. The Morgan fingerprint density at radius 1 is 1.33 bits per heavy atom. The molecule has 0 spiro atoms. The van der Waals surface area contributed by atoms with Crippen molar-refractivity contribution in [3.63, 3.8) is 0 Å². The van der Waals surface area contributed by atoms with Crippen molar-refractivity contribution in [1.29, 1.82) is 0 Å². The minimum Gasteiger partial charge on any atom is -0.370 e. The fourth-order valence-electron chi connectivity index (χ4n) is 1.67. The summed E-state index contributed by atoms with van der Waals surface area (Å²) in [6, 6.07) is 5.14. The number of alkyl halides is 3. The van der Waals surface area contributed by atoms with Crippen LogP contribution >= 0.6 is 0 Å². The Labute approximate surface area is 104 Å². The monoisotopic (exact) mass is 262 g/mol. The van der Waals surface area contributed by atoms with Gasteiger partial charge in [0.15, 0.2) is 0 Å². The van der Waals surface area contributed by atoms with E-state index in [1.165, 1.54) is 0 Å². The predicted molar refractivity (Wildman–Crippen MR) is 62.9 cm³/mol. The predicted octanol–water partition coefficient (Wildman–Crippen LogP) is 2.39. The summed E-state index contributed by atoms with van der Waals surface area (Å²) in [5.74, 6) is 5.36. The molecule has 1 aromatic carbocycles. The molecule has 0 aliphatic rings. The number of ether oxygens (including phenoxy) is 1. The Morgan fingerprint density at radius 2 is 2.00 bits per heavy atom. The minimum atomic E-state index is -4.32. The number of hydrazine groups is 1. The first kappa shape index (κ1) is 14.9. The van der Waals surface area contributed by atoms with E-state index < -0.39 is 18.8 Å². The Morgan fingerprint density at radius 3 is 2.56 bits per heavy atom. The first-order valence-electron chi connectivity index (χ1n) is 5.52. The number of hydrogen-bond acceptors (Lipinski definition) is 3. The van der Waals surface area contributed by atoms with Crippen LogP contribution in [0.25, 0.3) is 0 Å². The van der Waals surface area contributed by atoms with Crippen LogP contribution in [-0.4, -0.2) is 19.4 Å². The third-order valence-electron chi connectivity index (χ3n) is 2.77.